The van der Waals surface area contributed by atoms with Crippen LogP contribution in [0.3, 0.4) is 0 Å². The highest BCUT2D eigenvalue weighted by Crippen LogP contribution is 2.44. The van der Waals surface area contributed by atoms with Gasteiger partial charge in [-0.15, -0.1) is 0 Å². The van der Waals surface area contributed by atoms with E-state index in [0.29, 0.717) is 29.7 Å². The van der Waals surface area contributed by atoms with Gasteiger partial charge < -0.3 is 20.2 Å². The number of carbonyl (C=O) groups is 1. The van der Waals surface area contributed by atoms with Crippen molar-refractivity contribution >= 4 is 11.7 Å². The molecule has 1 saturated heterocycles. The molecule has 3 N–H and O–H groups in total. The zero-order valence-corrected chi connectivity index (χ0v) is 20.9. The summed E-state index contributed by atoms with van der Waals surface area (Å²) in [5.74, 6) is -0.210. The van der Waals surface area contributed by atoms with E-state index >= 15 is 0 Å². The third kappa shape index (κ3) is 4.93. The SMILES string of the molecule is CN1C(=O)N(c2ccccc2)[C@H](c2ccc(-c3cccc(O)c3)cc2O)[C@@H]1CC[C@H](O)c1ccc(F)cc1. The fraction of sp³-hybridized carbons (Fsp3) is 0.194. The molecule has 0 unspecified atom stereocenters. The molecule has 2 amide bonds. The number of aromatic hydroxyl groups is 2. The molecule has 0 aliphatic carbocycles. The first-order valence-electron chi connectivity index (χ1n) is 12.5. The molecule has 5 rings (SSSR count). The molecule has 0 aromatic heterocycles. The van der Waals surface area contributed by atoms with E-state index in [2.05, 4.69) is 0 Å². The minimum Gasteiger partial charge on any atom is -0.508 e. The van der Waals surface area contributed by atoms with Gasteiger partial charge in [0.15, 0.2) is 0 Å². The molecular formula is C31H29FN2O4. The summed E-state index contributed by atoms with van der Waals surface area (Å²) in [6.45, 7) is 0. The van der Waals surface area contributed by atoms with Crippen molar-refractivity contribution in [1.82, 2.24) is 4.90 Å². The summed E-state index contributed by atoms with van der Waals surface area (Å²) >= 11 is 0. The first-order valence-corrected chi connectivity index (χ1v) is 12.5. The van der Waals surface area contributed by atoms with Crippen LogP contribution in [0.4, 0.5) is 14.9 Å². The van der Waals surface area contributed by atoms with Gasteiger partial charge in [0.05, 0.1) is 18.2 Å². The molecule has 4 aromatic carbocycles. The summed E-state index contributed by atoms with van der Waals surface area (Å²) < 4.78 is 13.3. The Morgan fingerprint density at radius 2 is 1.58 bits per heavy atom. The summed E-state index contributed by atoms with van der Waals surface area (Å²) in [6, 6.07) is 26.1. The quantitative estimate of drug-likeness (QED) is 0.268. The van der Waals surface area contributed by atoms with E-state index in [0.717, 1.165) is 11.1 Å². The summed E-state index contributed by atoms with van der Waals surface area (Å²) in [7, 11) is 1.73. The van der Waals surface area contributed by atoms with Crippen molar-refractivity contribution in [2.24, 2.45) is 0 Å². The molecule has 0 radical (unpaired) electrons. The minimum absolute atomic E-state index is 0.0314. The predicted molar refractivity (Wildman–Crippen MR) is 144 cm³/mol. The fourth-order valence-corrected chi connectivity index (χ4v) is 5.21. The number of phenolic OH excluding ortho intramolecular Hbond substituents is 2. The molecule has 1 aliphatic rings. The molecule has 6 nitrogen and oxygen atoms in total. The van der Waals surface area contributed by atoms with Crippen molar-refractivity contribution in [2.45, 2.75) is 31.0 Å². The van der Waals surface area contributed by atoms with Crippen molar-refractivity contribution in [3.8, 4) is 22.6 Å². The summed E-state index contributed by atoms with van der Waals surface area (Å²) in [6.07, 6.45) is -0.0372. The Morgan fingerprint density at radius 3 is 2.26 bits per heavy atom. The van der Waals surface area contributed by atoms with Crippen molar-refractivity contribution in [2.75, 3.05) is 11.9 Å². The van der Waals surface area contributed by atoms with Crippen LogP contribution in [0, 0.1) is 5.82 Å². The van der Waals surface area contributed by atoms with E-state index < -0.39 is 12.1 Å². The molecule has 1 aliphatic heterocycles. The van der Waals surface area contributed by atoms with Gasteiger partial charge in [-0.25, -0.2) is 9.18 Å². The number of benzene rings is 4. The molecule has 194 valence electrons. The standard InChI is InChI=1S/C31H29FN2O4/c1-33-27(16-17-28(36)20-10-13-23(32)14-11-20)30(34(31(33)38)24-7-3-2-4-8-24)26-15-12-22(19-29(26)37)21-6-5-9-25(35)18-21/h2-15,18-19,27-28,30,35-37H,16-17H2,1H3/t27-,28-,30+/m0/s1. The van der Waals surface area contributed by atoms with Crippen molar-refractivity contribution in [1.29, 1.82) is 0 Å². The monoisotopic (exact) mass is 512 g/mol. The number of urea groups is 1. The number of likely N-dealkylation sites (N-methyl/N-ethyl adjacent to an activating group) is 1. The van der Waals surface area contributed by atoms with E-state index in [1.807, 2.05) is 48.5 Å². The normalized spacial score (nSPS) is 18.1. The molecule has 4 aromatic rings. The lowest BCUT2D eigenvalue weighted by atomic mass is 9.91. The van der Waals surface area contributed by atoms with Crippen molar-refractivity contribution in [3.63, 3.8) is 0 Å². The third-order valence-corrected chi connectivity index (χ3v) is 7.20. The zero-order valence-electron chi connectivity index (χ0n) is 20.9. The van der Waals surface area contributed by atoms with Gasteiger partial charge in [-0.2, -0.15) is 0 Å². The lowest BCUT2D eigenvalue weighted by Crippen LogP contribution is -2.31. The highest BCUT2D eigenvalue weighted by atomic mass is 19.1. The van der Waals surface area contributed by atoms with Gasteiger partial charge >= 0.3 is 6.03 Å². The second kappa shape index (κ2) is 10.6. The van der Waals surface area contributed by atoms with Gasteiger partial charge in [-0.1, -0.05) is 54.6 Å². The number of amides is 2. The number of hydrogen-bond acceptors (Lipinski definition) is 4. The van der Waals surface area contributed by atoms with E-state index in [9.17, 15) is 24.5 Å². The predicted octanol–water partition coefficient (Wildman–Crippen LogP) is 6.40. The minimum atomic E-state index is -0.827. The second-order valence-electron chi connectivity index (χ2n) is 9.58. The lowest BCUT2D eigenvalue weighted by Gasteiger charge is -2.29. The van der Waals surface area contributed by atoms with Crippen LogP contribution in [0.1, 0.15) is 36.1 Å². The van der Waals surface area contributed by atoms with E-state index in [1.165, 1.54) is 12.1 Å². The van der Waals surface area contributed by atoms with E-state index in [1.54, 1.807) is 53.2 Å². The number of phenols is 2. The number of nitrogens with zero attached hydrogens (tertiary/aromatic N) is 2. The molecule has 1 heterocycles. The Kier molecular flexibility index (Phi) is 7.03. The topological polar surface area (TPSA) is 84.2 Å². The first-order chi connectivity index (χ1) is 18.3. The van der Waals surface area contributed by atoms with E-state index in [-0.39, 0.29) is 29.4 Å². The molecule has 0 spiro atoms. The average molecular weight is 513 g/mol. The molecular weight excluding hydrogens is 483 g/mol. The molecule has 1 fully saturated rings. The number of aliphatic hydroxyl groups is 1. The number of rotatable bonds is 7. The smallest absolute Gasteiger partial charge is 0.325 e. The maximum absolute atomic E-state index is 13.5. The van der Waals surface area contributed by atoms with Crippen LogP contribution in [-0.2, 0) is 0 Å². The highest BCUT2D eigenvalue weighted by molar-refractivity contribution is 5.96. The summed E-state index contributed by atoms with van der Waals surface area (Å²) in [5, 5.41) is 31.9. The van der Waals surface area contributed by atoms with E-state index in [4.69, 9.17) is 0 Å². The van der Waals surface area contributed by atoms with Crippen LogP contribution < -0.4 is 4.90 Å². The number of aliphatic hydroxyl groups excluding tert-OH is 1. The Hall–Kier alpha value is -4.36. The maximum Gasteiger partial charge on any atom is 0.325 e. The molecule has 0 saturated carbocycles. The highest BCUT2D eigenvalue weighted by Gasteiger charge is 2.46. The van der Waals surface area contributed by atoms with Gasteiger partial charge in [-0.05, 0) is 72.0 Å². The number of para-hydroxylation sites is 1. The van der Waals surface area contributed by atoms with Crippen LogP contribution >= 0.6 is 0 Å². The lowest BCUT2D eigenvalue weighted by molar-refractivity contribution is 0.148. The number of halogens is 1. The van der Waals surface area contributed by atoms with Crippen LogP contribution in [0.15, 0.2) is 97.1 Å². The van der Waals surface area contributed by atoms with Crippen molar-refractivity contribution in [3.05, 3.63) is 114 Å². The first kappa shape index (κ1) is 25.3. The second-order valence-corrected chi connectivity index (χ2v) is 9.58. The number of hydrogen-bond donors (Lipinski definition) is 3. The molecule has 7 heteroatoms. The van der Waals surface area contributed by atoms with Crippen molar-refractivity contribution < 1.29 is 24.5 Å². The van der Waals surface area contributed by atoms with Gasteiger partial charge in [-0.3, -0.25) is 4.90 Å². The van der Waals surface area contributed by atoms with Gasteiger partial charge in [0.2, 0.25) is 0 Å². The van der Waals surface area contributed by atoms with Gasteiger partial charge in [0.25, 0.3) is 0 Å². The summed E-state index contributed by atoms with van der Waals surface area (Å²) in [4.78, 5) is 16.9. The third-order valence-electron chi connectivity index (χ3n) is 7.20. The fourth-order valence-electron chi connectivity index (χ4n) is 5.21. The zero-order chi connectivity index (χ0) is 26.8. The maximum atomic E-state index is 13.5. The van der Waals surface area contributed by atoms with Gasteiger partial charge in [0, 0.05) is 18.3 Å². The van der Waals surface area contributed by atoms with Crippen LogP contribution in [0.25, 0.3) is 11.1 Å². The van der Waals surface area contributed by atoms with Crippen LogP contribution in [0.5, 0.6) is 11.5 Å². The Morgan fingerprint density at radius 1 is 0.868 bits per heavy atom. The molecule has 3 atom stereocenters. The molecule has 0 bridgehead atoms. The van der Waals surface area contributed by atoms with Gasteiger partial charge in [0.1, 0.15) is 17.3 Å². The Bertz CT molecular complexity index is 1430. The Balaban J connectivity index is 1.50. The van der Waals surface area contributed by atoms with Crippen LogP contribution in [-0.4, -0.2) is 39.3 Å². The van der Waals surface area contributed by atoms with Crippen LogP contribution in [0.2, 0.25) is 0 Å². The molecule has 38 heavy (non-hydrogen) atoms. The largest absolute Gasteiger partial charge is 0.508 e. The number of carbonyl (C=O) groups excluding carboxylic acids is 1. The Labute approximate surface area is 220 Å². The summed E-state index contributed by atoms with van der Waals surface area (Å²) in [5.41, 5.74) is 3.37. The average Bonchev–Trinajstić information content (AvgIpc) is 3.17. The number of anilines is 1.